The number of aryl methyl sites for hydroxylation is 1. The van der Waals surface area contributed by atoms with Crippen molar-refractivity contribution in [3.05, 3.63) is 68.9 Å². The van der Waals surface area contributed by atoms with Gasteiger partial charge in [0.1, 0.15) is 11.4 Å². The molecule has 4 fully saturated rings. The lowest BCUT2D eigenvalue weighted by atomic mass is 9.64. The lowest BCUT2D eigenvalue weighted by molar-refractivity contribution is -0.185. The Morgan fingerprint density at radius 1 is 1.14 bits per heavy atom. The third-order valence-corrected chi connectivity index (χ3v) is 8.89. The van der Waals surface area contributed by atoms with Gasteiger partial charge in [0.25, 0.3) is 0 Å². The molecular formula is C28H28Cl2N2O4. The van der Waals surface area contributed by atoms with Gasteiger partial charge >= 0.3 is 5.97 Å². The van der Waals surface area contributed by atoms with Gasteiger partial charge in [-0.05, 0) is 74.8 Å². The molecule has 0 atom stereocenters. The van der Waals surface area contributed by atoms with Crippen LogP contribution in [0.3, 0.4) is 0 Å². The lowest BCUT2D eigenvalue weighted by Crippen LogP contribution is -2.52. The van der Waals surface area contributed by atoms with E-state index in [-0.39, 0.29) is 11.0 Å². The second kappa shape index (κ2) is 8.79. The van der Waals surface area contributed by atoms with Crippen molar-refractivity contribution >= 4 is 34.9 Å². The highest BCUT2D eigenvalue weighted by Crippen LogP contribution is 2.54. The highest BCUT2D eigenvalue weighted by molar-refractivity contribution is 6.39. The number of benzene rings is 2. The van der Waals surface area contributed by atoms with Gasteiger partial charge in [-0.15, -0.1) is 0 Å². The van der Waals surface area contributed by atoms with Crippen LogP contribution in [0.25, 0.3) is 11.3 Å². The van der Waals surface area contributed by atoms with E-state index in [0.29, 0.717) is 39.4 Å². The van der Waals surface area contributed by atoms with Crippen LogP contribution in [0.15, 0.2) is 40.9 Å². The molecule has 2 aliphatic carbocycles. The number of rotatable bonds is 7. The van der Waals surface area contributed by atoms with Crippen molar-refractivity contribution in [1.29, 1.82) is 0 Å². The van der Waals surface area contributed by atoms with Crippen molar-refractivity contribution in [2.75, 3.05) is 18.5 Å². The zero-order valence-corrected chi connectivity index (χ0v) is 21.6. The predicted molar refractivity (Wildman–Crippen MR) is 139 cm³/mol. The van der Waals surface area contributed by atoms with E-state index in [2.05, 4.69) is 10.5 Å². The molecule has 4 aliphatic rings. The van der Waals surface area contributed by atoms with Gasteiger partial charge in [-0.2, -0.15) is 0 Å². The van der Waals surface area contributed by atoms with Crippen LogP contribution in [0, 0.1) is 12.3 Å². The molecule has 1 aromatic heterocycles. The third-order valence-electron chi connectivity index (χ3n) is 8.26. The number of halogens is 2. The van der Waals surface area contributed by atoms with Crippen molar-refractivity contribution in [3.63, 3.8) is 0 Å². The molecule has 188 valence electrons. The van der Waals surface area contributed by atoms with Crippen LogP contribution in [0.5, 0.6) is 0 Å². The number of carboxylic acids is 1. The standard InChI is InChI=1S/C28H28Cl2N2O4/c1-16-13-18(7-8-19(16)26(33)34)28-11-9-27(10-12-28,15-35-28)14-31-24-23(32-36-25(24)17-5-6-17)22-20(29)3-2-4-21(22)30/h2-4,7-8,13,17,31H,5-6,9-12,14-15H2,1H3,(H,33,34). The number of fused-ring (bicyclic) bond motifs is 3. The normalized spacial score (nSPS) is 25.2. The number of nitrogens with one attached hydrogen (secondary N) is 1. The van der Waals surface area contributed by atoms with E-state index in [1.807, 2.05) is 37.3 Å². The largest absolute Gasteiger partial charge is 0.478 e. The molecule has 2 bridgehead atoms. The number of nitrogens with zero attached hydrogens (tertiary/aromatic N) is 1. The summed E-state index contributed by atoms with van der Waals surface area (Å²) in [7, 11) is 0. The molecule has 6 nitrogen and oxygen atoms in total. The summed E-state index contributed by atoms with van der Waals surface area (Å²) in [5.74, 6) is 0.367. The van der Waals surface area contributed by atoms with E-state index in [1.54, 1.807) is 6.07 Å². The first-order valence-corrected chi connectivity index (χ1v) is 13.2. The van der Waals surface area contributed by atoms with Crippen LogP contribution in [-0.4, -0.2) is 29.4 Å². The van der Waals surface area contributed by atoms with Crippen molar-refractivity contribution in [3.8, 4) is 11.3 Å². The van der Waals surface area contributed by atoms with Crippen LogP contribution in [0.1, 0.15) is 71.7 Å². The first-order chi connectivity index (χ1) is 17.3. The highest BCUT2D eigenvalue weighted by atomic mass is 35.5. The second-order valence-electron chi connectivity index (χ2n) is 10.6. The Hall–Kier alpha value is -2.54. The van der Waals surface area contributed by atoms with Crippen molar-refractivity contribution in [2.24, 2.45) is 5.41 Å². The number of ether oxygens (including phenoxy) is 1. The van der Waals surface area contributed by atoms with E-state index in [4.69, 9.17) is 32.5 Å². The van der Waals surface area contributed by atoms with Crippen molar-refractivity contribution in [2.45, 2.75) is 57.0 Å². The number of carboxylic acid groups (broad SMARTS) is 1. The Bertz CT molecular complexity index is 1300. The second-order valence-corrected chi connectivity index (χ2v) is 11.4. The van der Waals surface area contributed by atoms with Crippen molar-refractivity contribution < 1.29 is 19.2 Å². The molecule has 36 heavy (non-hydrogen) atoms. The fourth-order valence-electron chi connectivity index (χ4n) is 5.82. The Morgan fingerprint density at radius 3 is 2.44 bits per heavy atom. The van der Waals surface area contributed by atoms with Crippen molar-refractivity contribution in [1.82, 2.24) is 5.16 Å². The maximum atomic E-state index is 11.4. The Balaban J connectivity index is 1.22. The molecule has 0 spiro atoms. The number of aromatic nitrogens is 1. The van der Waals surface area contributed by atoms with Gasteiger partial charge in [0.05, 0.1) is 27.8 Å². The number of anilines is 1. The Morgan fingerprint density at radius 2 is 1.86 bits per heavy atom. The average Bonchev–Trinajstić information content (AvgIpc) is 3.64. The summed E-state index contributed by atoms with van der Waals surface area (Å²) in [5, 5.41) is 18.6. The van der Waals surface area contributed by atoms with Gasteiger partial charge in [-0.1, -0.05) is 46.6 Å². The summed E-state index contributed by atoms with van der Waals surface area (Å²) >= 11 is 13.0. The van der Waals surface area contributed by atoms with E-state index in [0.717, 1.165) is 67.6 Å². The smallest absolute Gasteiger partial charge is 0.335 e. The van der Waals surface area contributed by atoms with Gasteiger partial charge < -0.3 is 19.7 Å². The average molecular weight is 527 g/mol. The monoisotopic (exact) mass is 526 g/mol. The highest BCUT2D eigenvalue weighted by Gasteiger charge is 2.51. The van der Waals surface area contributed by atoms with E-state index in [1.165, 1.54) is 0 Å². The Kier molecular flexibility index (Phi) is 5.82. The molecule has 2 saturated heterocycles. The predicted octanol–water partition coefficient (Wildman–Crippen LogP) is 7.43. The van der Waals surface area contributed by atoms with Crippen LogP contribution in [0.4, 0.5) is 5.69 Å². The molecule has 7 rings (SSSR count). The maximum Gasteiger partial charge on any atom is 0.335 e. The first-order valence-electron chi connectivity index (χ1n) is 12.5. The summed E-state index contributed by atoms with van der Waals surface area (Å²) in [6.07, 6.45) is 6.04. The van der Waals surface area contributed by atoms with Gasteiger partial charge in [-0.25, -0.2) is 4.79 Å². The molecule has 2 saturated carbocycles. The molecular weight excluding hydrogens is 499 g/mol. The minimum atomic E-state index is -0.897. The quantitative estimate of drug-likeness (QED) is 0.332. The first kappa shape index (κ1) is 23.8. The van der Waals surface area contributed by atoms with Crippen LogP contribution < -0.4 is 5.32 Å². The number of carbonyl (C=O) groups is 1. The summed E-state index contributed by atoms with van der Waals surface area (Å²) in [6.45, 7) is 3.24. The van der Waals surface area contributed by atoms with Gasteiger partial charge in [0.15, 0.2) is 5.76 Å². The minimum Gasteiger partial charge on any atom is -0.478 e. The molecule has 0 radical (unpaired) electrons. The number of aromatic carboxylic acids is 1. The molecule has 3 heterocycles. The van der Waals surface area contributed by atoms with Crippen LogP contribution in [-0.2, 0) is 10.3 Å². The molecule has 3 aromatic rings. The maximum absolute atomic E-state index is 11.4. The molecule has 8 heteroatoms. The fourth-order valence-corrected chi connectivity index (χ4v) is 6.40. The summed E-state index contributed by atoms with van der Waals surface area (Å²) in [4.78, 5) is 11.4. The Labute approximate surface area is 219 Å². The fraction of sp³-hybridized carbons (Fsp3) is 0.429. The topological polar surface area (TPSA) is 84.6 Å². The number of hydrogen-bond acceptors (Lipinski definition) is 5. The molecule has 2 N–H and O–H groups in total. The molecule has 0 amide bonds. The summed E-state index contributed by atoms with van der Waals surface area (Å²) in [5.41, 5.74) is 4.12. The van der Waals surface area contributed by atoms with E-state index in [9.17, 15) is 9.90 Å². The lowest BCUT2D eigenvalue weighted by Gasteiger charge is -2.53. The van der Waals surface area contributed by atoms with Crippen LogP contribution in [0.2, 0.25) is 10.0 Å². The zero-order valence-electron chi connectivity index (χ0n) is 20.1. The van der Waals surface area contributed by atoms with E-state index < -0.39 is 5.97 Å². The zero-order chi connectivity index (χ0) is 25.1. The van der Waals surface area contributed by atoms with Gasteiger partial charge in [0.2, 0.25) is 0 Å². The van der Waals surface area contributed by atoms with Crippen LogP contribution >= 0.6 is 23.2 Å². The SMILES string of the molecule is Cc1cc(C23CCC(CNc4c(-c5c(Cl)cccc5Cl)noc4C4CC4)(CC2)CO3)ccc1C(=O)O. The minimum absolute atomic E-state index is 0.0113. The summed E-state index contributed by atoms with van der Waals surface area (Å²) in [6, 6.07) is 11.1. The third kappa shape index (κ3) is 4.00. The van der Waals surface area contributed by atoms with Gasteiger partial charge in [-0.3, -0.25) is 0 Å². The molecule has 2 aromatic carbocycles. The number of hydrogen-bond donors (Lipinski definition) is 2. The van der Waals surface area contributed by atoms with Gasteiger partial charge in [0, 0.05) is 23.4 Å². The molecule has 0 unspecified atom stereocenters. The summed E-state index contributed by atoms with van der Waals surface area (Å²) < 4.78 is 12.4. The molecule has 2 aliphatic heterocycles. The van der Waals surface area contributed by atoms with E-state index >= 15 is 0 Å².